The molecule has 1 aliphatic rings. The van der Waals surface area contributed by atoms with Gasteiger partial charge in [0.25, 0.3) is 0 Å². The number of para-hydroxylation sites is 1. The summed E-state index contributed by atoms with van der Waals surface area (Å²) >= 11 is 0. The lowest BCUT2D eigenvalue weighted by molar-refractivity contribution is 0.106. The van der Waals surface area contributed by atoms with Crippen LogP contribution in [0.15, 0.2) is 48.5 Å². The van der Waals surface area contributed by atoms with Crippen molar-refractivity contribution >= 4 is 16.9 Å². The molecular weight excluding hydrogens is 336 g/mol. The highest BCUT2D eigenvalue weighted by Crippen LogP contribution is 2.50. The summed E-state index contributed by atoms with van der Waals surface area (Å²) in [5.74, 6) is 1.35. The highest BCUT2D eigenvalue weighted by atomic mass is 16.5. The van der Waals surface area contributed by atoms with Crippen molar-refractivity contribution in [3.8, 4) is 28.1 Å². The van der Waals surface area contributed by atoms with Crippen molar-refractivity contribution < 1.29 is 4.74 Å². The zero-order valence-corrected chi connectivity index (χ0v) is 15.5. The first-order valence-corrected chi connectivity index (χ1v) is 8.99. The number of hydrogen-bond acceptors (Lipinski definition) is 4. The van der Waals surface area contributed by atoms with Crippen molar-refractivity contribution in [3.63, 3.8) is 0 Å². The van der Waals surface area contributed by atoms with Gasteiger partial charge in [0.15, 0.2) is 5.65 Å². The highest BCUT2D eigenvalue weighted by molar-refractivity contribution is 6.04. The minimum atomic E-state index is -0.561. The van der Waals surface area contributed by atoms with E-state index in [1.165, 1.54) is 5.56 Å². The monoisotopic (exact) mass is 356 g/mol. The van der Waals surface area contributed by atoms with Crippen molar-refractivity contribution in [2.75, 3.05) is 5.73 Å². The predicted molar refractivity (Wildman–Crippen MR) is 108 cm³/mol. The van der Waals surface area contributed by atoms with E-state index in [1.54, 1.807) is 0 Å². The standard InChI is InChI=1S/C22H20N4O/c1-12-8-10-13(11-9-12)16-17-20(23)25-26-21(17)24-19-14-6-4-5-7-15(14)27-22(2,3)18(16)19/h4-11H,1-3H3,(H3,23,24,25,26). The lowest BCUT2D eigenvalue weighted by atomic mass is 9.82. The number of nitrogens with one attached hydrogen (secondary N) is 1. The van der Waals surface area contributed by atoms with Gasteiger partial charge in [-0.05, 0) is 38.5 Å². The normalized spacial score (nSPS) is 14.5. The van der Waals surface area contributed by atoms with Gasteiger partial charge in [-0.3, -0.25) is 5.10 Å². The third-order valence-corrected chi connectivity index (χ3v) is 5.18. The van der Waals surface area contributed by atoms with Gasteiger partial charge in [0, 0.05) is 16.7 Å². The molecule has 5 heteroatoms. The molecule has 0 radical (unpaired) electrons. The topological polar surface area (TPSA) is 76.8 Å². The molecule has 5 rings (SSSR count). The number of hydrogen-bond donors (Lipinski definition) is 2. The quantitative estimate of drug-likeness (QED) is 0.513. The van der Waals surface area contributed by atoms with Gasteiger partial charge in [-0.15, -0.1) is 0 Å². The number of aryl methyl sites for hydroxylation is 1. The number of benzene rings is 2. The number of aromatic nitrogens is 3. The first-order chi connectivity index (χ1) is 13.0. The Hall–Kier alpha value is -3.34. The van der Waals surface area contributed by atoms with Crippen molar-refractivity contribution in [2.45, 2.75) is 26.4 Å². The zero-order valence-electron chi connectivity index (χ0n) is 15.5. The molecular formula is C22H20N4O. The van der Waals surface area contributed by atoms with Gasteiger partial charge in [-0.25, -0.2) is 4.98 Å². The second kappa shape index (κ2) is 5.33. The third-order valence-electron chi connectivity index (χ3n) is 5.18. The summed E-state index contributed by atoms with van der Waals surface area (Å²) in [6.07, 6.45) is 0. The number of nitrogens with two attached hydrogens (primary N) is 1. The number of nitrogen functional groups attached to an aromatic ring is 1. The van der Waals surface area contributed by atoms with E-state index in [4.69, 9.17) is 15.5 Å². The van der Waals surface area contributed by atoms with Gasteiger partial charge in [0.05, 0.1) is 11.1 Å². The SMILES string of the molecule is Cc1ccc(-c2c3c(nc4n[nH]c(N)c24)-c2ccccc2OC3(C)C)cc1. The van der Waals surface area contributed by atoms with Crippen LogP contribution in [-0.4, -0.2) is 15.2 Å². The minimum absolute atomic E-state index is 0.519. The molecule has 0 unspecified atom stereocenters. The Morgan fingerprint density at radius 1 is 1.04 bits per heavy atom. The largest absolute Gasteiger partial charge is 0.482 e. The van der Waals surface area contributed by atoms with Crippen LogP contribution in [0.4, 0.5) is 5.82 Å². The van der Waals surface area contributed by atoms with E-state index in [0.717, 1.165) is 39.1 Å². The second-order valence-electron chi connectivity index (χ2n) is 7.52. The molecule has 3 heterocycles. The maximum Gasteiger partial charge on any atom is 0.184 e. The molecule has 0 saturated carbocycles. The molecule has 0 amide bonds. The average Bonchev–Trinajstić information content (AvgIpc) is 3.01. The number of rotatable bonds is 1. The Bertz CT molecular complexity index is 1190. The summed E-state index contributed by atoms with van der Waals surface area (Å²) in [5.41, 5.74) is 12.5. The Morgan fingerprint density at radius 3 is 2.56 bits per heavy atom. The molecule has 0 spiro atoms. The van der Waals surface area contributed by atoms with E-state index in [9.17, 15) is 0 Å². The molecule has 0 atom stereocenters. The smallest absolute Gasteiger partial charge is 0.184 e. The number of fused-ring (bicyclic) bond motifs is 4. The number of anilines is 1. The number of nitrogens with zero attached hydrogens (tertiary/aromatic N) is 2. The summed E-state index contributed by atoms with van der Waals surface area (Å²) in [6.45, 7) is 6.23. The number of ether oxygens (including phenoxy) is 1. The van der Waals surface area contributed by atoms with Crippen molar-refractivity contribution in [1.29, 1.82) is 0 Å². The van der Waals surface area contributed by atoms with Crippen LogP contribution in [0.3, 0.4) is 0 Å². The van der Waals surface area contributed by atoms with Crippen LogP contribution in [-0.2, 0) is 5.60 Å². The average molecular weight is 356 g/mol. The first kappa shape index (κ1) is 15.9. The molecule has 134 valence electrons. The fourth-order valence-electron chi connectivity index (χ4n) is 3.95. The molecule has 2 aromatic carbocycles. The Balaban J connectivity index is 1.97. The minimum Gasteiger partial charge on any atom is -0.482 e. The number of pyridine rings is 1. The molecule has 0 saturated heterocycles. The summed E-state index contributed by atoms with van der Waals surface area (Å²) in [7, 11) is 0. The van der Waals surface area contributed by atoms with Crippen LogP contribution in [0.1, 0.15) is 25.0 Å². The molecule has 0 fully saturated rings. The van der Waals surface area contributed by atoms with Crippen LogP contribution < -0.4 is 10.5 Å². The van der Waals surface area contributed by atoms with E-state index in [0.29, 0.717) is 11.5 Å². The molecule has 3 N–H and O–H groups in total. The Labute approximate surface area is 157 Å². The van der Waals surface area contributed by atoms with Gasteiger partial charge in [-0.1, -0.05) is 42.0 Å². The molecule has 1 aliphatic heterocycles. The van der Waals surface area contributed by atoms with Gasteiger partial charge < -0.3 is 10.5 Å². The van der Waals surface area contributed by atoms with Crippen LogP contribution in [0, 0.1) is 6.92 Å². The highest BCUT2D eigenvalue weighted by Gasteiger charge is 2.38. The third kappa shape index (κ3) is 2.24. The number of aromatic amines is 1. The van der Waals surface area contributed by atoms with E-state index in [-0.39, 0.29) is 0 Å². The van der Waals surface area contributed by atoms with Gasteiger partial charge in [0.1, 0.15) is 17.2 Å². The van der Waals surface area contributed by atoms with Gasteiger partial charge in [0.2, 0.25) is 0 Å². The van der Waals surface area contributed by atoms with Gasteiger partial charge in [-0.2, -0.15) is 5.10 Å². The van der Waals surface area contributed by atoms with Crippen LogP contribution in [0.5, 0.6) is 5.75 Å². The van der Waals surface area contributed by atoms with E-state index in [1.807, 2.05) is 24.3 Å². The fraction of sp³-hybridized carbons (Fsp3) is 0.182. The summed E-state index contributed by atoms with van der Waals surface area (Å²) in [5, 5.41) is 8.09. The summed E-state index contributed by atoms with van der Waals surface area (Å²) in [4.78, 5) is 4.87. The molecule has 0 bridgehead atoms. The Kier molecular flexibility index (Phi) is 3.13. The molecule has 4 aromatic rings. The maximum absolute atomic E-state index is 6.39. The Morgan fingerprint density at radius 2 is 1.78 bits per heavy atom. The lowest BCUT2D eigenvalue weighted by Gasteiger charge is -2.36. The molecule has 27 heavy (non-hydrogen) atoms. The van der Waals surface area contributed by atoms with E-state index >= 15 is 0 Å². The van der Waals surface area contributed by atoms with Crippen molar-refractivity contribution in [1.82, 2.24) is 15.2 Å². The molecule has 5 nitrogen and oxygen atoms in total. The molecule has 0 aliphatic carbocycles. The van der Waals surface area contributed by atoms with Crippen molar-refractivity contribution in [3.05, 3.63) is 59.7 Å². The van der Waals surface area contributed by atoms with Gasteiger partial charge >= 0.3 is 0 Å². The summed E-state index contributed by atoms with van der Waals surface area (Å²) < 4.78 is 6.39. The second-order valence-corrected chi connectivity index (χ2v) is 7.52. The first-order valence-electron chi connectivity index (χ1n) is 8.99. The molecule has 2 aromatic heterocycles. The predicted octanol–water partition coefficient (Wildman–Crippen LogP) is 4.81. The summed E-state index contributed by atoms with van der Waals surface area (Å²) in [6, 6.07) is 16.4. The zero-order chi connectivity index (χ0) is 18.8. The van der Waals surface area contributed by atoms with Crippen LogP contribution in [0.25, 0.3) is 33.4 Å². The fourth-order valence-corrected chi connectivity index (χ4v) is 3.95. The van der Waals surface area contributed by atoms with Crippen molar-refractivity contribution in [2.24, 2.45) is 0 Å². The van der Waals surface area contributed by atoms with E-state index < -0.39 is 5.60 Å². The lowest BCUT2D eigenvalue weighted by Crippen LogP contribution is -2.30. The van der Waals surface area contributed by atoms with E-state index in [2.05, 4.69) is 55.2 Å². The number of H-pyrrole nitrogens is 1. The maximum atomic E-state index is 6.39. The van der Waals surface area contributed by atoms with Crippen LogP contribution in [0.2, 0.25) is 0 Å². The van der Waals surface area contributed by atoms with Crippen LogP contribution >= 0.6 is 0 Å².